The molecule has 0 fully saturated rings. The Bertz CT molecular complexity index is 910. The summed E-state index contributed by atoms with van der Waals surface area (Å²) in [5, 5.41) is 13.1. The third kappa shape index (κ3) is 4.40. The maximum atomic E-state index is 12.2. The van der Waals surface area contributed by atoms with Crippen molar-refractivity contribution in [1.82, 2.24) is 5.32 Å². The van der Waals surface area contributed by atoms with Crippen molar-refractivity contribution in [1.29, 1.82) is 0 Å². The van der Waals surface area contributed by atoms with Crippen molar-refractivity contribution >= 4 is 5.91 Å². The number of rotatable bonds is 6. The van der Waals surface area contributed by atoms with Crippen molar-refractivity contribution in [2.45, 2.75) is 32.0 Å². The number of hydrogen-bond acceptors (Lipinski definition) is 6. The predicted molar refractivity (Wildman–Crippen MR) is 106 cm³/mol. The van der Waals surface area contributed by atoms with Gasteiger partial charge in [0.05, 0.1) is 6.10 Å². The highest BCUT2D eigenvalue weighted by Crippen LogP contribution is 2.41. The van der Waals surface area contributed by atoms with Gasteiger partial charge in [-0.05, 0) is 37.6 Å². The van der Waals surface area contributed by atoms with Gasteiger partial charge in [0.25, 0.3) is 5.91 Å². The third-order valence-corrected chi connectivity index (χ3v) is 4.86. The lowest BCUT2D eigenvalue weighted by atomic mass is 10.0. The molecule has 7 heteroatoms. The van der Waals surface area contributed by atoms with E-state index in [1.807, 2.05) is 26.0 Å². The number of aliphatic hydroxyl groups is 1. The average molecular weight is 399 g/mol. The molecule has 0 aromatic heterocycles. The molecule has 0 saturated heterocycles. The summed E-state index contributed by atoms with van der Waals surface area (Å²) in [4.78, 5) is 12.2. The van der Waals surface area contributed by atoms with E-state index in [0.29, 0.717) is 41.8 Å². The van der Waals surface area contributed by atoms with Crippen LogP contribution in [0.4, 0.5) is 0 Å². The Kier molecular flexibility index (Phi) is 5.24. The van der Waals surface area contributed by atoms with Crippen LogP contribution in [0.15, 0.2) is 36.4 Å². The van der Waals surface area contributed by atoms with Crippen molar-refractivity contribution in [3.63, 3.8) is 0 Å². The van der Waals surface area contributed by atoms with Crippen LogP contribution in [-0.2, 0) is 11.2 Å². The molecule has 0 unspecified atom stereocenters. The minimum absolute atomic E-state index is 0.0677. The molecule has 0 aliphatic carbocycles. The zero-order valence-electron chi connectivity index (χ0n) is 16.6. The van der Waals surface area contributed by atoms with E-state index in [0.717, 1.165) is 12.0 Å². The highest BCUT2D eigenvalue weighted by Gasteiger charge is 2.32. The number of amides is 1. The zero-order valence-corrected chi connectivity index (χ0v) is 16.6. The van der Waals surface area contributed by atoms with Crippen LogP contribution in [-0.4, -0.2) is 43.0 Å². The zero-order chi connectivity index (χ0) is 20.4. The van der Waals surface area contributed by atoms with Crippen LogP contribution in [0.3, 0.4) is 0 Å². The molecule has 2 aromatic carbocycles. The largest absolute Gasteiger partial charge is 0.486 e. The molecule has 2 aliphatic heterocycles. The summed E-state index contributed by atoms with van der Waals surface area (Å²) in [7, 11) is 0. The summed E-state index contributed by atoms with van der Waals surface area (Å²) >= 11 is 0. The summed E-state index contributed by atoms with van der Waals surface area (Å²) < 4.78 is 22.6. The van der Waals surface area contributed by atoms with Gasteiger partial charge in [0, 0.05) is 18.5 Å². The van der Waals surface area contributed by atoms with Crippen molar-refractivity contribution in [3.05, 3.63) is 47.5 Å². The van der Waals surface area contributed by atoms with Crippen LogP contribution >= 0.6 is 0 Å². The summed E-state index contributed by atoms with van der Waals surface area (Å²) in [6.07, 6.45) is -0.0622. The fourth-order valence-electron chi connectivity index (χ4n) is 3.49. The Morgan fingerprint density at radius 1 is 1.21 bits per heavy atom. The Labute approximate surface area is 169 Å². The summed E-state index contributed by atoms with van der Waals surface area (Å²) in [6.45, 7) is 4.93. The summed E-state index contributed by atoms with van der Waals surface area (Å²) in [5.41, 5.74) is 1.44. The summed E-state index contributed by atoms with van der Waals surface area (Å²) in [5.74, 6) is 2.18. The molecule has 1 atom stereocenters. The minimum atomic E-state index is -0.861. The lowest BCUT2D eigenvalue weighted by Gasteiger charge is -2.20. The predicted octanol–water partition coefficient (Wildman–Crippen LogP) is 2.40. The highest BCUT2D eigenvalue weighted by molar-refractivity contribution is 5.77. The van der Waals surface area contributed by atoms with Crippen LogP contribution < -0.4 is 24.3 Å². The molecule has 7 nitrogen and oxygen atoms in total. The lowest BCUT2D eigenvalue weighted by Crippen LogP contribution is -2.32. The molecule has 29 heavy (non-hydrogen) atoms. The molecule has 4 rings (SSSR count). The fourth-order valence-corrected chi connectivity index (χ4v) is 3.49. The number of carbonyl (C=O) groups excluding carboxylic acids is 1. The first-order valence-corrected chi connectivity index (χ1v) is 9.69. The molecule has 1 amide bonds. The second-order valence-corrected chi connectivity index (χ2v) is 7.79. The number of benzene rings is 2. The van der Waals surface area contributed by atoms with E-state index >= 15 is 0 Å². The molecule has 0 spiro atoms. The minimum Gasteiger partial charge on any atom is -0.486 e. The number of nitrogens with one attached hydrogen (secondary N) is 1. The van der Waals surface area contributed by atoms with E-state index in [1.54, 1.807) is 24.3 Å². The molecule has 2 heterocycles. The highest BCUT2D eigenvalue weighted by atomic mass is 16.6. The molecule has 154 valence electrons. The number of para-hydroxylation sites is 1. The molecule has 0 saturated carbocycles. The van der Waals surface area contributed by atoms with Gasteiger partial charge in [-0.1, -0.05) is 18.2 Å². The van der Waals surface area contributed by atoms with Gasteiger partial charge in [0.1, 0.15) is 18.8 Å². The van der Waals surface area contributed by atoms with Crippen LogP contribution in [0.2, 0.25) is 0 Å². The van der Waals surface area contributed by atoms with Gasteiger partial charge in [0.15, 0.2) is 29.6 Å². The average Bonchev–Trinajstić information content (AvgIpc) is 3.04. The van der Waals surface area contributed by atoms with Gasteiger partial charge >= 0.3 is 0 Å². The van der Waals surface area contributed by atoms with E-state index in [4.69, 9.17) is 18.9 Å². The van der Waals surface area contributed by atoms with E-state index in [1.165, 1.54) is 0 Å². The number of fused-ring (bicyclic) bond motifs is 2. The summed E-state index contributed by atoms with van der Waals surface area (Å²) in [6, 6.07) is 10.9. The normalized spacial score (nSPS) is 17.1. The molecular formula is C22H25NO6. The van der Waals surface area contributed by atoms with Crippen LogP contribution in [0.25, 0.3) is 0 Å². The maximum Gasteiger partial charge on any atom is 0.258 e. The van der Waals surface area contributed by atoms with Crippen LogP contribution in [0.5, 0.6) is 23.0 Å². The molecule has 0 radical (unpaired) electrons. The SMILES string of the molecule is CC1(C)Cc2cccc(OCC(=O)NC[C@H](O)c3ccc4c(c3)OCCO4)c2O1. The van der Waals surface area contributed by atoms with Gasteiger partial charge in [-0.25, -0.2) is 0 Å². The Balaban J connectivity index is 1.30. The Morgan fingerprint density at radius 3 is 2.83 bits per heavy atom. The van der Waals surface area contributed by atoms with Crippen molar-refractivity contribution in [2.24, 2.45) is 0 Å². The van der Waals surface area contributed by atoms with Gasteiger partial charge < -0.3 is 29.4 Å². The molecule has 2 aromatic rings. The Morgan fingerprint density at radius 2 is 2.00 bits per heavy atom. The second kappa shape index (κ2) is 7.83. The van der Waals surface area contributed by atoms with E-state index in [-0.39, 0.29) is 24.7 Å². The first-order valence-electron chi connectivity index (χ1n) is 9.69. The number of aliphatic hydroxyl groups excluding tert-OH is 1. The van der Waals surface area contributed by atoms with Crippen LogP contribution in [0, 0.1) is 0 Å². The van der Waals surface area contributed by atoms with Crippen molar-refractivity contribution in [2.75, 3.05) is 26.4 Å². The number of ether oxygens (including phenoxy) is 4. The molecular weight excluding hydrogens is 374 g/mol. The fraction of sp³-hybridized carbons (Fsp3) is 0.409. The van der Waals surface area contributed by atoms with Gasteiger partial charge in [-0.15, -0.1) is 0 Å². The van der Waals surface area contributed by atoms with E-state index in [2.05, 4.69) is 5.32 Å². The standard InChI is InChI=1S/C22H25NO6/c1-22(2)11-15-4-3-5-18(21(15)29-22)28-13-20(25)23-12-16(24)14-6-7-17-19(10-14)27-9-8-26-17/h3-7,10,16,24H,8-9,11-13H2,1-2H3,(H,23,25)/t16-/m0/s1. The lowest BCUT2D eigenvalue weighted by molar-refractivity contribution is -0.123. The topological polar surface area (TPSA) is 86.3 Å². The first-order chi connectivity index (χ1) is 13.9. The molecule has 2 aliphatic rings. The van der Waals surface area contributed by atoms with Gasteiger partial charge in [-0.2, -0.15) is 0 Å². The molecule has 2 N–H and O–H groups in total. The second-order valence-electron chi connectivity index (χ2n) is 7.79. The first kappa shape index (κ1) is 19.4. The quantitative estimate of drug-likeness (QED) is 0.776. The van der Waals surface area contributed by atoms with Gasteiger partial charge in [-0.3, -0.25) is 4.79 Å². The van der Waals surface area contributed by atoms with Crippen molar-refractivity contribution < 1.29 is 28.8 Å². The monoisotopic (exact) mass is 399 g/mol. The van der Waals surface area contributed by atoms with E-state index in [9.17, 15) is 9.90 Å². The van der Waals surface area contributed by atoms with Gasteiger partial charge in [0.2, 0.25) is 0 Å². The third-order valence-electron chi connectivity index (χ3n) is 4.86. The Hall–Kier alpha value is -2.93. The van der Waals surface area contributed by atoms with E-state index < -0.39 is 6.10 Å². The van der Waals surface area contributed by atoms with Crippen molar-refractivity contribution in [3.8, 4) is 23.0 Å². The maximum absolute atomic E-state index is 12.2. The smallest absolute Gasteiger partial charge is 0.258 e. The molecule has 0 bridgehead atoms. The number of carbonyl (C=O) groups is 1. The van der Waals surface area contributed by atoms with Crippen LogP contribution in [0.1, 0.15) is 31.1 Å². The number of hydrogen-bond donors (Lipinski definition) is 2.